The van der Waals surface area contributed by atoms with Crippen LogP contribution < -0.4 is 5.32 Å². The zero-order chi connectivity index (χ0) is 24.0. The number of hydrogen-bond donors (Lipinski definition) is 1. The highest BCUT2D eigenvalue weighted by molar-refractivity contribution is 9.10. The molecule has 0 bridgehead atoms. The summed E-state index contributed by atoms with van der Waals surface area (Å²) in [4.78, 5) is 17.9. The van der Waals surface area contributed by atoms with E-state index in [-0.39, 0.29) is 11.8 Å². The Kier molecular flexibility index (Phi) is 8.03. The van der Waals surface area contributed by atoms with E-state index in [0.717, 1.165) is 54.1 Å². The van der Waals surface area contributed by atoms with E-state index in [0.29, 0.717) is 17.1 Å². The third kappa shape index (κ3) is 5.87. The lowest BCUT2D eigenvalue weighted by atomic mass is 9.78. The van der Waals surface area contributed by atoms with Crippen molar-refractivity contribution in [1.82, 2.24) is 10.3 Å². The van der Waals surface area contributed by atoms with E-state index in [1.54, 1.807) is 6.20 Å². The van der Waals surface area contributed by atoms with Gasteiger partial charge in [0.15, 0.2) is 0 Å². The third-order valence-electron chi connectivity index (χ3n) is 6.72. The number of nitrogens with zero attached hydrogens (tertiary/aromatic N) is 2. The quantitative estimate of drug-likeness (QED) is 0.362. The summed E-state index contributed by atoms with van der Waals surface area (Å²) < 4.78 is 0.891. The number of carbonyl (C=O) groups excluding carboxylic acids is 1. The number of halogens is 2. The molecule has 1 aliphatic rings. The highest BCUT2D eigenvalue weighted by Crippen LogP contribution is 2.41. The zero-order valence-electron chi connectivity index (χ0n) is 18.9. The molecule has 4 rings (SSSR count). The molecule has 0 aliphatic heterocycles. The Morgan fingerprint density at radius 1 is 1.09 bits per heavy atom. The lowest BCUT2D eigenvalue weighted by Gasteiger charge is -2.29. The molecule has 0 saturated heterocycles. The zero-order valence-corrected chi connectivity index (χ0v) is 21.3. The first kappa shape index (κ1) is 24.4. The number of aromatic nitrogens is 1. The van der Waals surface area contributed by atoms with Gasteiger partial charge in [-0.05, 0) is 94.6 Å². The van der Waals surface area contributed by atoms with Crippen LogP contribution in [-0.4, -0.2) is 17.4 Å². The van der Waals surface area contributed by atoms with Gasteiger partial charge in [-0.25, -0.2) is 0 Å². The van der Waals surface area contributed by atoms with Crippen molar-refractivity contribution in [2.75, 3.05) is 6.54 Å². The lowest BCUT2D eigenvalue weighted by Crippen LogP contribution is -2.44. The smallest absolute Gasteiger partial charge is 0.230 e. The van der Waals surface area contributed by atoms with Gasteiger partial charge in [0.05, 0.1) is 17.0 Å². The molecule has 1 atom stereocenters. The molecule has 1 saturated carbocycles. The van der Waals surface area contributed by atoms with E-state index in [9.17, 15) is 10.1 Å². The number of nitrogens with one attached hydrogen (secondary N) is 1. The topological polar surface area (TPSA) is 65.8 Å². The average molecular weight is 537 g/mol. The number of nitriles is 1. The van der Waals surface area contributed by atoms with E-state index in [4.69, 9.17) is 11.6 Å². The number of hydrogen-bond acceptors (Lipinski definition) is 3. The molecule has 3 aromatic rings. The fourth-order valence-electron chi connectivity index (χ4n) is 4.98. The number of pyridine rings is 1. The Balaban J connectivity index is 1.53. The minimum absolute atomic E-state index is 0.0804. The first-order valence-corrected chi connectivity index (χ1v) is 12.8. The normalized spacial score (nSPS) is 15.4. The number of carbonyl (C=O) groups is 1. The molecule has 174 valence electrons. The van der Waals surface area contributed by atoms with Crippen molar-refractivity contribution in [3.63, 3.8) is 0 Å². The van der Waals surface area contributed by atoms with Gasteiger partial charge in [0.2, 0.25) is 5.91 Å². The minimum Gasteiger partial charge on any atom is -0.355 e. The van der Waals surface area contributed by atoms with Crippen molar-refractivity contribution in [2.24, 2.45) is 5.92 Å². The van der Waals surface area contributed by atoms with Crippen LogP contribution in [0.2, 0.25) is 5.02 Å². The van der Waals surface area contributed by atoms with Gasteiger partial charge >= 0.3 is 0 Å². The van der Waals surface area contributed by atoms with Crippen molar-refractivity contribution in [3.8, 4) is 6.07 Å². The molecule has 1 aliphatic carbocycles. The molecule has 1 N–H and O–H groups in total. The molecule has 6 heteroatoms. The predicted octanol–water partition coefficient (Wildman–Crippen LogP) is 6.40. The van der Waals surface area contributed by atoms with Crippen molar-refractivity contribution in [2.45, 2.75) is 43.9 Å². The second kappa shape index (κ2) is 11.2. The van der Waals surface area contributed by atoms with Gasteiger partial charge in [0.1, 0.15) is 0 Å². The van der Waals surface area contributed by atoms with Crippen molar-refractivity contribution >= 4 is 33.4 Å². The summed E-state index contributed by atoms with van der Waals surface area (Å²) in [6.45, 7) is 0.557. The summed E-state index contributed by atoms with van der Waals surface area (Å²) in [6.07, 6.45) is 8.90. The molecule has 2 aromatic carbocycles. The van der Waals surface area contributed by atoms with Crippen LogP contribution >= 0.6 is 27.5 Å². The van der Waals surface area contributed by atoms with Gasteiger partial charge < -0.3 is 5.32 Å². The Morgan fingerprint density at radius 2 is 1.82 bits per heavy atom. The predicted molar refractivity (Wildman–Crippen MR) is 139 cm³/mol. The maximum atomic E-state index is 13.6. The van der Waals surface area contributed by atoms with Crippen LogP contribution in [0.15, 0.2) is 71.5 Å². The third-order valence-corrected chi connectivity index (χ3v) is 7.40. The van der Waals surface area contributed by atoms with E-state index in [2.05, 4.69) is 32.3 Å². The van der Waals surface area contributed by atoms with Crippen LogP contribution in [0.1, 0.15) is 47.9 Å². The largest absolute Gasteiger partial charge is 0.355 e. The minimum atomic E-state index is -0.525. The van der Waals surface area contributed by atoms with Gasteiger partial charge in [0.25, 0.3) is 0 Å². The van der Waals surface area contributed by atoms with Crippen LogP contribution in [0.25, 0.3) is 0 Å². The molecule has 1 unspecified atom stereocenters. The molecule has 0 radical (unpaired) electrons. The fraction of sp³-hybridized carbons (Fsp3) is 0.321. The lowest BCUT2D eigenvalue weighted by molar-refractivity contribution is -0.126. The Morgan fingerprint density at radius 3 is 2.53 bits per heavy atom. The molecule has 4 nitrogen and oxygen atoms in total. The number of benzene rings is 2. The van der Waals surface area contributed by atoms with Gasteiger partial charge in [-0.1, -0.05) is 48.7 Å². The molecular formula is C28H27BrClN3O. The van der Waals surface area contributed by atoms with Crippen molar-refractivity contribution in [3.05, 3.63) is 98.7 Å². The van der Waals surface area contributed by atoms with Gasteiger partial charge in [-0.15, -0.1) is 0 Å². The maximum Gasteiger partial charge on any atom is 0.230 e. The second-order valence-electron chi connectivity index (χ2n) is 9.10. The van der Waals surface area contributed by atoms with Crippen molar-refractivity contribution < 1.29 is 4.79 Å². The number of rotatable bonds is 8. The van der Waals surface area contributed by atoms with Crippen LogP contribution in [-0.2, 0) is 23.1 Å². The Bertz CT molecular complexity index is 1180. The first-order valence-electron chi connectivity index (χ1n) is 11.6. The molecule has 1 heterocycles. The summed E-state index contributed by atoms with van der Waals surface area (Å²) in [7, 11) is 0. The van der Waals surface area contributed by atoms with Crippen LogP contribution in [0.4, 0.5) is 0 Å². The molecule has 0 spiro atoms. The molecular weight excluding hydrogens is 510 g/mol. The molecule has 1 fully saturated rings. The summed E-state index contributed by atoms with van der Waals surface area (Å²) in [5.41, 5.74) is 3.38. The number of amides is 1. The molecule has 1 aromatic heterocycles. The monoisotopic (exact) mass is 535 g/mol. The summed E-state index contributed by atoms with van der Waals surface area (Å²) >= 11 is 9.58. The fourth-order valence-corrected chi connectivity index (χ4v) is 5.47. The first-order chi connectivity index (χ1) is 16.5. The van der Waals surface area contributed by atoms with E-state index in [1.165, 1.54) is 5.56 Å². The average Bonchev–Trinajstić information content (AvgIpc) is 3.35. The van der Waals surface area contributed by atoms with Crippen LogP contribution in [0.3, 0.4) is 0 Å². The molecule has 1 amide bonds. The summed E-state index contributed by atoms with van der Waals surface area (Å²) in [5, 5.41) is 13.3. The molecule has 34 heavy (non-hydrogen) atoms. The van der Waals surface area contributed by atoms with Crippen LogP contribution in [0, 0.1) is 17.2 Å². The highest BCUT2D eigenvalue weighted by Gasteiger charge is 2.43. The van der Waals surface area contributed by atoms with E-state index >= 15 is 0 Å². The Labute approximate surface area is 214 Å². The van der Waals surface area contributed by atoms with Gasteiger partial charge in [0, 0.05) is 28.4 Å². The second-order valence-corrected chi connectivity index (χ2v) is 10.5. The Hall–Kier alpha value is -2.68. The standard InChI is InChI=1S/C28H27BrClN3O/c29-25-15-24(18-32-19-25)28(10-1-2-11-28)27(34)33-17-23(12-20-6-8-26(30)9-7-20)14-21-4-3-5-22(13-21)16-31/h3-9,13,15,18-19,23H,1-2,10-12,14,17H2,(H,33,34). The summed E-state index contributed by atoms with van der Waals surface area (Å²) in [6, 6.07) is 19.8. The summed E-state index contributed by atoms with van der Waals surface area (Å²) in [5.74, 6) is 0.259. The highest BCUT2D eigenvalue weighted by atomic mass is 79.9. The van der Waals surface area contributed by atoms with Crippen LogP contribution in [0.5, 0.6) is 0 Å². The van der Waals surface area contributed by atoms with E-state index in [1.807, 2.05) is 60.8 Å². The SMILES string of the molecule is N#Cc1cccc(CC(CNC(=O)C2(c3cncc(Br)c3)CCCC2)Cc2ccc(Cl)cc2)c1. The van der Waals surface area contributed by atoms with Gasteiger partial charge in [-0.2, -0.15) is 5.26 Å². The van der Waals surface area contributed by atoms with E-state index < -0.39 is 5.41 Å². The van der Waals surface area contributed by atoms with Gasteiger partial charge in [-0.3, -0.25) is 9.78 Å². The maximum absolute atomic E-state index is 13.6. The van der Waals surface area contributed by atoms with Crippen molar-refractivity contribution in [1.29, 1.82) is 5.26 Å².